The van der Waals surface area contributed by atoms with Crippen LogP contribution in [0.3, 0.4) is 0 Å². The predicted octanol–water partition coefficient (Wildman–Crippen LogP) is 10.0. The smallest absolute Gasteiger partial charge is 0.344 e. The number of allylic oxidation sites excluding steroid dienone is 1. The lowest BCUT2D eigenvalue weighted by atomic mass is 9.44. The lowest BCUT2D eigenvalue weighted by molar-refractivity contribution is -0.154. The molecule has 0 amide bonds. The number of carbonyl (C=O) groups excluding carboxylic acids is 1. The Kier molecular flexibility index (Phi) is 9.15. The highest BCUT2D eigenvalue weighted by molar-refractivity contribution is 5.83. The summed E-state index contributed by atoms with van der Waals surface area (Å²) in [5.74, 6) is 5.20. The Morgan fingerprint density at radius 3 is 2.66 bits per heavy atom. The molecule has 3 fully saturated rings. The molecule has 2 aromatic rings. The van der Waals surface area contributed by atoms with Crippen molar-refractivity contribution < 1.29 is 18.7 Å². The lowest BCUT2D eigenvalue weighted by Crippen LogP contribution is -2.52. The average molecular weight is 643 g/mol. The molecule has 0 spiro atoms. The van der Waals surface area contributed by atoms with E-state index in [1.807, 2.05) is 12.1 Å². The van der Waals surface area contributed by atoms with Gasteiger partial charge in [0.2, 0.25) is 0 Å². The molecule has 3 saturated carbocycles. The van der Waals surface area contributed by atoms with Gasteiger partial charge in [0.1, 0.15) is 17.4 Å². The van der Waals surface area contributed by atoms with E-state index in [4.69, 9.17) is 13.9 Å². The van der Waals surface area contributed by atoms with Crippen LogP contribution in [0.25, 0.3) is 11.0 Å². The molecule has 1 aromatic heterocycles. The van der Waals surface area contributed by atoms with Crippen LogP contribution < -0.4 is 10.4 Å². The van der Waals surface area contributed by atoms with Gasteiger partial charge in [-0.15, -0.1) is 0 Å². The molecule has 8 atom stereocenters. The Hall–Kier alpha value is -2.56. The molecule has 5 heteroatoms. The number of hydrogen-bond acceptors (Lipinski definition) is 5. The fourth-order valence-electron chi connectivity index (χ4n) is 11.3. The molecule has 1 heterocycles. The molecule has 256 valence electrons. The number of fused-ring (bicyclic) bond motifs is 8. The molecule has 0 saturated heterocycles. The molecule has 7 rings (SSSR count). The summed E-state index contributed by atoms with van der Waals surface area (Å²) in [7, 11) is 0. The van der Waals surface area contributed by atoms with Gasteiger partial charge in [-0.25, -0.2) is 9.59 Å². The number of carbonyl (C=O) groups is 1. The van der Waals surface area contributed by atoms with Crippen LogP contribution in [-0.4, -0.2) is 18.7 Å². The quantitative estimate of drug-likeness (QED) is 0.155. The van der Waals surface area contributed by atoms with Crippen molar-refractivity contribution in [2.75, 3.05) is 6.61 Å². The highest BCUT2D eigenvalue weighted by atomic mass is 16.6. The number of aryl methyl sites for hydroxylation is 1. The second kappa shape index (κ2) is 13.0. The second-order valence-corrected chi connectivity index (χ2v) is 17.3. The van der Waals surface area contributed by atoms with Gasteiger partial charge in [0.05, 0.1) is 0 Å². The Balaban J connectivity index is 0.940. The highest BCUT2D eigenvalue weighted by Crippen LogP contribution is 2.65. The monoisotopic (exact) mass is 642 g/mol. The summed E-state index contributed by atoms with van der Waals surface area (Å²) in [6, 6.07) is 5.54. The minimum atomic E-state index is -0.327. The van der Waals surface area contributed by atoms with Crippen molar-refractivity contribution in [3.05, 3.63) is 51.4 Å². The predicted molar refractivity (Wildman–Crippen MR) is 188 cm³/mol. The van der Waals surface area contributed by atoms with Gasteiger partial charge >= 0.3 is 11.6 Å². The summed E-state index contributed by atoms with van der Waals surface area (Å²) in [4.78, 5) is 25.3. The standard InChI is InChI=1S/C42H58O5/c1-26(2)8-6-9-27(3)28-12-17-36-35-15-13-29-22-31(18-21-42(29,5)37(35)19-20-41(36,4)24-28)46-39(43)25-45-30-14-16-33-32-10-7-11-34(32)40(44)47-38(33)23-30/h13-14,16,23,26-28,31,35-37H,6-12,15,17-22,24-25H2,1-5H3/t27-,28+,31-,35+,36-,37-,41-,42+/m1/s1. The first-order chi connectivity index (χ1) is 22.5. The van der Waals surface area contributed by atoms with Crippen LogP contribution in [-0.2, 0) is 22.4 Å². The van der Waals surface area contributed by atoms with Crippen LogP contribution in [0.2, 0.25) is 0 Å². The molecule has 0 N–H and O–H groups in total. The molecular weight excluding hydrogens is 584 g/mol. The first kappa shape index (κ1) is 33.0. The Labute approximate surface area is 282 Å². The fourth-order valence-corrected chi connectivity index (χ4v) is 11.3. The third kappa shape index (κ3) is 6.34. The number of rotatable bonds is 9. The number of esters is 1. The number of benzene rings is 1. The van der Waals surface area contributed by atoms with Crippen molar-refractivity contribution in [1.29, 1.82) is 0 Å². The normalized spacial score (nSPS) is 33.7. The summed E-state index contributed by atoms with van der Waals surface area (Å²) in [6.07, 6.45) is 20.4. The molecule has 0 bridgehead atoms. The van der Waals surface area contributed by atoms with Gasteiger partial charge in [-0.05, 0) is 135 Å². The molecule has 5 nitrogen and oxygen atoms in total. The van der Waals surface area contributed by atoms with E-state index in [1.54, 1.807) is 6.07 Å². The molecule has 0 unspecified atom stereocenters. The fraction of sp³-hybridized carbons (Fsp3) is 0.714. The Morgan fingerprint density at radius 2 is 1.83 bits per heavy atom. The maximum Gasteiger partial charge on any atom is 0.344 e. The van der Waals surface area contributed by atoms with Crippen molar-refractivity contribution >= 4 is 16.9 Å². The largest absolute Gasteiger partial charge is 0.482 e. The summed E-state index contributed by atoms with van der Waals surface area (Å²) < 4.78 is 17.4. The zero-order valence-electron chi connectivity index (χ0n) is 29.7. The Morgan fingerprint density at radius 1 is 1.00 bits per heavy atom. The van der Waals surface area contributed by atoms with Crippen LogP contribution in [0.4, 0.5) is 0 Å². The van der Waals surface area contributed by atoms with E-state index in [0.717, 1.165) is 90.5 Å². The maximum atomic E-state index is 12.9. The van der Waals surface area contributed by atoms with E-state index < -0.39 is 0 Å². The van der Waals surface area contributed by atoms with Gasteiger partial charge in [0.15, 0.2) is 6.61 Å². The van der Waals surface area contributed by atoms with Crippen LogP contribution in [0, 0.1) is 46.3 Å². The molecule has 0 radical (unpaired) electrons. The van der Waals surface area contributed by atoms with E-state index in [0.29, 0.717) is 16.7 Å². The molecule has 47 heavy (non-hydrogen) atoms. The van der Waals surface area contributed by atoms with Gasteiger partial charge in [-0.1, -0.05) is 65.5 Å². The molecule has 5 aliphatic rings. The Bertz CT molecular complexity index is 1570. The molecule has 0 aliphatic heterocycles. The van der Waals surface area contributed by atoms with Crippen LogP contribution in [0.1, 0.15) is 129 Å². The van der Waals surface area contributed by atoms with E-state index >= 15 is 0 Å². The molecular formula is C42H58O5. The van der Waals surface area contributed by atoms with Crippen LogP contribution in [0.5, 0.6) is 5.75 Å². The maximum absolute atomic E-state index is 12.9. The third-order valence-electron chi connectivity index (χ3n) is 14.0. The SMILES string of the molecule is CC(C)CCC[C@@H](C)[C@H]1CC[C@@H]2[C@@H]3CC=C4C[C@H](OC(=O)COc5ccc6c7c(c(=O)oc6c5)CCC7)CC[C@]4(C)[C@@H]3CC[C@]2(C)C1. The van der Waals surface area contributed by atoms with Crippen LogP contribution in [0.15, 0.2) is 39.1 Å². The van der Waals surface area contributed by atoms with Crippen molar-refractivity contribution in [3.8, 4) is 5.75 Å². The zero-order valence-corrected chi connectivity index (χ0v) is 29.7. The van der Waals surface area contributed by atoms with Gasteiger partial charge in [-0.3, -0.25) is 0 Å². The average Bonchev–Trinajstić information content (AvgIpc) is 3.54. The second-order valence-electron chi connectivity index (χ2n) is 17.3. The lowest BCUT2D eigenvalue weighted by Gasteiger charge is -2.61. The summed E-state index contributed by atoms with van der Waals surface area (Å²) in [5, 5.41) is 0.970. The summed E-state index contributed by atoms with van der Waals surface area (Å²) in [6.45, 7) is 12.3. The van der Waals surface area contributed by atoms with Crippen LogP contribution >= 0.6 is 0 Å². The van der Waals surface area contributed by atoms with E-state index in [-0.39, 0.29) is 29.7 Å². The van der Waals surface area contributed by atoms with E-state index in [2.05, 4.69) is 40.7 Å². The van der Waals surface area contributed by atoms with Gasteiger partial charge < -0.3 is 13.9 Å². The third-order valence-corrected chi connectivity index (χ3v) is 14.0. The van der Waals surface area contributed by atoms with E-state index in [9.17, 15) is 9.59 Å². The van der Waals surface area contributed by atoms with Gasteiger partial charge in [0, 0.05) is 23.4 Å². The molecule has 5 aliphatic carbocycles. The van der Waals surface area contributed by atoms with Crippen molar-refractivity contribution in [2.24, 2.45) is 46.3 Å². The highest BCUT2D eigenvalue weighted by Gasteiger charge is 2.56. The number of hydrogen-bond donors (Lipinski definition) is 0. The first-order valence-corrected chi connectivity index (χ1v) is 19.1. The van der Waals surface area contributed by atoms with Crippen molar-refractivity contribution in [2.45, 2.75) is 137 Å². The zero-order chi connectivity index (χ0) is 32.9. The minimum absolute atomic E-state index is 0.0827. The van der Waals surface area contributed by atoms with Crippen molar-refractivity contribution in [1.82, 2.24) is 0 Å². The number of ether oxygens (including phenoxy) is 2. The topological polar surface area (TPSA) is 65.7 Å². The van der Waals surface area contributed by atoms with Crippen molar-refractivity contribution in [3.63, 3.8) is 0 Å². The molecule has 1 aromatic carbocycles. The summed E-state index contributed by atoms with van der Waals surface area (Å²) >= 11 is 0. The first-order valence-electron chi connectivity index (χ1n) is 19.1. The minimum Gasteiger partial charge on any atom is -0.482 e. The summed E-state index contributed by atoms with van der Waals surface area (Å²) in [5.41, 5.74) is 4.46. The van der Waals surface area contributed by atoms with E-state index in [1.165, 1.54) is 63.4 Å². The van der Waals surface area contributed by atoms with Gasteiger partial charge in [-0.2, -0.15) is 0 Å². The van der Waals surface area contributed by atoms with Gasteiger partial charge in [0.25, 0.3) is 0 Å².